The number of amides is 1. The van der Waals surface area contributed by atoms with Gasteiger partial charge in [0.25, 0.3) is 0 Å². The Morgan fingerprint density at radius 1 is 1.35 bits per heavy atom. The van der Waals surface area contributed by atoms with Crippen LogP contribution in [0.25, 0.3) is 0 Å². The van der Waals surface area contributed by atoms with Crippen LogP contribution in [-0.2, 0) is 4.79 Å². The fraction of sp³-hybridized carbons (Fsp3) is 0.611. The summed E-state index contributed by atoms with van der Waals surface area (Å²) < 4.78 is 5.48. The van der Waals surface area contributed by atoms with Crippen LogP contribution in [0.3, 0.4) is 0 Å². The van der Waals surface area contributed by atoms with Crippen LogP contribution >= 0.6 is 12.4 Å². The molecule has 2 unspecified atom stereocenters. The van der Waals surface area contributed by atoms with Crippen molar-refractivity contribution < 1.29 is 9.53 Å². The number of benzene rings is 1. The molecule has 1 aromatic carbocycles. The molecule has 0 saturated carbocycles. The zero-order valence-corrected chi connectivity index (χ0v) is 14.6. The summed E-state index contributed by atoms with van der Waals surface area (Å²) in [6.45, 7) is 3.06. The van der Waals surface area contributed by atoms with Crippen molar-refractivity contribution in [1.82, 2.24) is 10.2 Å². The van der Waals surface area contributed by atoms with Gasteiger partial charge in [0.2, 0.25) is 5.91 Å². The van der Waals surface area contributed by atoms with Crippen LogP contribution in [0.1, 0.15) is 43.7 Å². The Balaban J connectivity index is 0.00000192. The molecule has 128 valence electrons. The molecule has 2 heterocycles. The first-order valence-corrected chi connectivity index (χ1v) is 8.42. The number of nitrogens with zero attached hydrogens (tertiary/aromatic N) is 1. The number of carbonyl (C=O) groups excluding carboxylic acids is 1. The minimum atomic E-state index is 0. The second-order valence-electron chi connectivity index (χ2n) is 6.38. The minimum Gasteiger partial charge on any atom is -0.496 e. The fourth-order valence-corrected chi connectivity index (χ4v) is 3.76. The molecule has 4 nitrogen and oxygen atoms in total. The predicted octanol–water partition coefficient (Wildman–Crippen LogP) is 3.17. The monoisotopic (exact) mass is 338 g/mol. The molecule has 0 aromatic heterocycles. The van der Waals surface area contributed by atoms with Gasteiger partial charge in [-0.1, -0.05) is 18.2 Å². The number of rotatable bonds is 5. The first-order chi connectivity index (χ1) is 10.8. The van der Waals surface area contributed by atoms with E-state index in [0.29, 0.717) is 18.2 Å². The summed E-state index contributed by atoms with van der Waals surface area (Å²) in [5.74, 6) is 1.88. The molecule has 0 spiro atoms. The zero-order chi connectivity index (χ0) is 15.4. The summed E-state index contributed by atoms with van der Waals surface area (Å²) in [5.41, 5.74) is 1.15. The molecule has 23 heavy (non-hydrogen) atoms. The molecule has 0 aliphatic carbocycles. The molecule has 2 aliphatic rings. The molecule has 5 heteroatoms. The highest BCUT2D eigenvalue weighted by molar-refractivity contribution is 5.85. The molecular weight excluding hydrogens is 312 g/mol. The molecule has 2 saturated heterocycles. The lowest BCUT2D eigenvalue weighted by atomic mass is 10.0. The Bertz CT molecular complexity index is 517. The van der Waals surface area contributed by atoms with Gasteiger partial charge in [0, 0.05) is 18.5 Å². The van der Waals surface area contributed by atoms with Crippen molar-refractivity contribution >= 4 is 18.3 Å². The largest absolute Gasteiger partial charge is 0.496 e. The SMILES string of the molecule is COc1ccccc1C1CCCN1C(=O)CCC1CCNC1.Cl. The lowest BCUT2D eigenvalue weighted by molar-refractivity contribution is -0.132. The lowest BCUT2D eigenvalue weighted by Crippen LogP contribution is -2.31. The third-order valence-corrected chi connectivity index (χ3v) is 5.00. The van der Waals surface area contributed by atoms with E-state index in [4.69, 9.17) is 4.74 Å². The smallest absolute Gasteiger partial charge is 0.223 e. The van der Waals surface area contributed by atoms with Crippen molar-refractivity contribution in [3.63, 3.8) is 0 Å². The Hall–Kier alpha value is -1.26. The summed E-state index contributed by atoms with van der Waals surface area (Å²) >= 11 is 0. The normalized spacial score (nSPS) is 23.6. The van der Waals surface area contributed by atoms with E-state index in [1.165, 1.54) is 6.42 Å². The van der Waals surface area contributed by atoms with Crippen LogP contribution in [0.4, 0.5) is 0 Å². The van der Waals surface area contributed by atoms with Crippen molar-refractivity contribution in [2.24, 2.45) is 5.92 Å². The van der Waals surface area contributed by atoms with E-state index in [9.17, 15) is 4.79 Å². The predicted molar refractivity (Wildman–Crippen MR) is 94.1 cm³/mol. The number of likely N-dealkylation sites (tertiary alicyclic amines) is 1. The summed E-state index contributed by atoms with van der Waals surface area (Å²) in [7, 11) is 1.70. The molecule has 3 rings (SSSR count). The van der Waals surface area contributed by atoms with E-state index in [1.54, 1.807) is 7.11 Å². The van der Waals surface area contributed by atoms with E-state index in [2.05, 4.69) is 16.3 Å². The first-order valence-electron chi connectivity index (χ1n) is 8.42. The summed E-state index contributed by atoms with van der Waals surface area (Å²) in [4.78, 5) is 14.7. The zero-order valence-electron chi connectivity index (χ0n) is 13.8. The molecule has 2 aliphatic heterocycles. The van der Waals surface area contributed by atoms with Crippen LogP contribution in [0.15, 0.2) is 24.3 Å². The van der Waals surface area contributed by atoms with Gasteiger partial charge in [-0.05, 0) is 50.8 Å². The number of carbonyl (C=O) groups is 1. The average Bonchev–Trinajstić information content (AvgIpc) is 3.23. The van der Waals surface area contributed by atoms with Crippen molar-refractivity contribution in [2.75, 3.05) is 26.7 Å². The van der Waals surface area contributed by atoms with Crippen LogP contribution in [-0.4, -0.2) is 37.6 Å². The van der Waals surface area contributed by atoms with Gasteiger partial charge >= 0.3 is 0 Å². The lowest BCUT2D eigenvalue weighted by Gasteiger charge is -2.26. The van der Waals surface area contributed by atoms with Crippen molar-refractivity contribution in [1.29, 1.82) is 0 Å². The molecular formula is C18H27ClN2O2. The highest BCUT2D eigenvalue weighted by Gasteiger charge is 2.31. The van der Waals surface area contributed by atoms with Gasteiger partial charge in [0.15, 0.2) is 0 Å². The molecule has 1 N–H and O–H groups in total. The Morgan fingerprint density at radius 3 is 2.91 bits per heavy atom. The van der Waals surface area contributed by atoms with Gasteiger partial charge in [-0.25, -0.2) is 0 Å². The topological polar surface area (TPSA) is 41.6 Å². The van der Waals surface area contributed by atoms with E-state index >= 15 is 0 Å². The molecule has 0 radical (unpaired) electrons. The highest BCUT2D eigenvalue weighted by Crippen LogP contribution is 2.37. The van der Waals surface area contributed by atoms with Crippen molar-refractivity contribution in [3.8, 4) is 5.75 Å². The quantitative estimate of drug-likeness (QED) is 0.896. The Labute approximate surface area is 145 Å². The fourth-order valence-electron chi connectivity index (χ4n) is 3.76. The number of hydrogen-bond donors (Lipinski definition) is 1. The highest BCUT2D eigenvalue weighted by atomic mass is 35.5. The van der Waals surface area contributed by atoms with Crippen LogP contribution in [0.2, 0.25) is 0 Å². The second kappa shape index (κ2) is 8.55. The molecule has 2 fully saturated rings. The second-order valence-corrected chi connectivity index (χ2v) is 6.38. The van der Waals surface area contributed by atoms with Gasteiger partial charge in [0.1, 0.15) is 5.75 Å². The number of halogens is 1. The van der Waals surface area contributed by atoms with E-state index in [1.807, 2.05) is 18.2 Å². The number of nitrogens with one attached hydrogen (secondary N) is 1. The van der Waals surface area contributed by atoms with E-state index in [-0.39, 0.29) is 18.4 Å². The third kappa shape index (κ3) is 4.18. The third-order valence-electron chi connectivity index (χ3n) is 5.00. The van der Waals surface area contributed by atoms with Gasteiger partial charge in [-0.15, -0.1) is 12.4 Å². The van der Waals surface area contributed by atoms with Gasteiger partial charge in [0.05, 0.1) is 13.2 Å². The number of methoxy groups -OCH3 is 1. The summed E-state index contributed by atoms with van der Waals surface area (Å²) in [6.07, 6.45) is 5.03. The minimum absolute atomic E-state index is 0. The molecule has 0 bridgehead atoms. The van der Waals surface area contributed by atoms with E-state index in [0.717, 1.165) is 50.2 Å². The maximum absolute atomic E-state index is 12.7. The Kier molecular flexibility index (Phi) is 6.72. The van der Waals surface area contributed by atoms with Crippen molar-refractivity contribution in [3.05, 3.63) is 29.8 Å². The number of para-hydroxylation sites is 1. The standard InChI is InChI=1S/C18H26N2O2.ClH/c1-22-17-7-3-2-5-15(17)16-6-4-12-20(16)18(21)9-8-14-10-11-19-13-14;/h2-3,5,7,14,16,19H,4,6,8-13H2,1H3;1H. The molecule has 2 atom stereocenters. The van der Waals surface area contributed by atoms with Gasteiger partial charge in [-0.3, -0.25) is 4.79 Å². The van der Waals surface area contributed by atoms with Crippen LogP contribution in [0, 0.1) is 5.92 Å². The molecule has 1 aromatic rings. The maximum Gasteiger partial charge on any atom is 0.223 e. The maximum atomic E-state index is 12.7. The van der Waals surface area contributed by atoms with Crippen molar-refractivity contribution in [2.45, 2.75) is 38.1 Å². The van der Waals surface area contributed by atoms with Crippen LogP contribution < -0.4 is 10.1 Å². The summed E-state index contributed by atoms with van der Waals surface area (Å²) in [6, 6.07) is 8.28. The van der Waals surface area contributed by atoms with Gasteiger partial charge < -0.3 is 15.0 Å². The Morgan fingerprint density at radius 2 is 2.17 bits per heavy atom. The number of hydrogen-bond acceptors (Lipinski definition) is 3. The van der Waals surface area contributed by atoms with Gasteiger partial charge in [-0.2, -0.15) is 0 Å². The van der Waals surface area contributed by atoms with E-state index < -0.39 is 0 Å². The first kappa shape index (κ1) is 18.1. The van der Waals surface area contributed by atoms with Crippen LogP contribution in [0.5, 0.6) is 5.75 Å². The summed E-state index contributed by atoms with van der Waals surface area (Å²) in [5, 5.41) is 3.37. The molecule has 1 amide bonds. The average molecular weight is 339 g/mol. The number of ether oxygens (including phenoxy) is 1.